The minimum absolute atomic E-state index is 0.0255. The zero-order chi connectivity index (χ0) is 15.4. The van der Waals surface area contributed by atoms with E-state index in [-0.39, 0.29) is 11.7 Å². The van der Waals surface area contributed by atoms with Gasteiger partial charge in [0.2, 0.25) is 5.91 Å². The first-order valence-electron chi connectivity index (χ1n) is 7.71. The van der Waals surface area contributed by atoms with Gasteiger partial charge in [-0.2, -0.15) is 0 Å². The minimum Gasteiger partial charge on any atom is -0.441 e. The molecule has 3 rings (SSSR count). The number of amides is 1. The van der Waals surface area contributed by atoms with Crippen molar-refractivity contribution in [3.63, 3.8) is 0 Å². The first kappa shape index (κ1) is 14.8. The molecule has 1 N–H and O–H groups in total. The van der Waals surface area contributed by atoms with Crippen molar-refractivity contribution in [2.75, 3.05) is 0 Å². The molecule has 5 heteroatoms. The van der Waals surface area contributed by atoms with E-state index in [4.69, 9.17) is 4.42 Å². The van der Waals surface area contributed by atoms with Crippen molar-refractivity contribution in [1.29, 1.82) is 0 Å². The summed E-state index contributed by atoms with van der Waals surface area (Å²) in [4.78, 5) is 16.0. The molecule has 0 spiro atoms. The number of carbonyl (C=O) groups excluding carboxylic acids is 1. The Bertz CT molecular complexity index is 648. The number of carbonyl (C=O) groups is 1. The van der Waals surface area contributed by atoms with Crippen molar-refractivity contribution in [1.82, 2.24) is 10.3 Å². The summed E-state index contributed by atoms with van der Waals surface area (Å²) in [7, 11) is 0. The fourth-order valence-corrected chi connectivity index (χ4v) is 2.80. The maximum Gasteiger partial charge on any atom is 0.220 e. The van der Waals surface area contributed by atoms with Gasteiger partial charge < -0.3 is 9.73 Å². The van der Waals surface area contributed by atoms with Gasteiger partial charge >= 0.3 is 0 Å². The molecule has 1 heterocycles. The highest BCUT2D eigenvalue weighted by molar-refractivity contribution is 5.76. The van der Waals surface area contributed by atoms with Crippen LogP contribution in [0.15, 0.2) is 34.9 Å². The summed E-state index contributed by atoms with van der Waals surface area (Å²) < 4.78 is 19.2. The molecule has 1 fully saturated rings. The predicted octanol–water partition coefficient (Wildman–Crippen LogP) is 3.47. The number of rotatable bonds is 5. The van der Waals surface area contributed by atoms with E-state index in [0.717, 1.165) is 12.8 Å². The van der Waals surface area contributed by atoms with Gasteiger partial charge in [-0.3, -0.25) is 4.79 Å². The molecule has 1 aliphatic carbocycles. The molecule has 22 heavy (non-hydrogen) atoms. The predicted molar refractivity (Wildman–Crippen MR) is 80.6 cm³/mol. The van der Waals surface area contributed by atoms with Gasteiger partial charge in [0.25, 0.3) is 0 Å². The van der Waals surface area contributed by atoms with Gasteiger partial charge in [0, 0.05) is 18.9 Å². The molecule has 0 bridgehead atoms. The van der Waals surface area contributed by atoms with E-state index >= 15 is 0 Å². The molecule has 1 amide bonds. The van der Waals surface area contributed by atoms with E-state index in [0.29, 0.717) is 36.1 Å². The number of oxazole rings is 1. The molecule has 0 aliphatic heterocycles. The molecule has 0 atom stereocenters. The molecule has 2 aromatic rings. The second-order valence-corrected chi connectivity index (χ2v) is 5.65. The number of hydrogen-bond donors (Lipinski definition) is 1. The lowest BCUT2D eigenvalue weighted by atomic mass is 10.2. The molecule has 4 nitrogen and oxygen atoms in total. The van der Waals surface area contributed by atoms with Crippen molar-refractivity contribution in [3.8, 4) is 11.3 Å². The van der Waals surface area contributed by atoms with Crippen LogP contribution in [-0.2, 0) is 11.2 Å². The zero-order valence-electron chi connectivity index (χ0n) is 12.3. The Balaban J connectivity index is 1.55. The smallest absolute Gasteiger partial charge is 0.220 e. The number of nitrogens with zero attached hydrogens (tertiary/aromatic N) is 1. The van der Waals surface area contributed by atoms with Crippen LogP contribution in [0.4, 0.5) is 4.39 Å². The van der Waals surface area contributed by atoms with Crippen molar-refractivity contribution >= 4 is 5.91 Å². The Morgan fingerprint density at radius 1 is 1.32 bits per heavy atom. The van der Waals surface area contributed by atoms with Gasteiger partial charge in [0.05, 0.1) is 11.8 Å². The highest BCUT2D eigenvalue weighted by Crippen LogP contribution is 2.23. The molecule has 0 saturated heterocycles. The van der Waals surface area contributed by atoms with E-state index in [1.54, 1.807) is 18.2 Å². The molecule has 1 saturated carbocycles. The normalized spacial score (nSPS) is 15.1. The summed E-state index contributed by atoms with van der Waals surface area (Å²) in [5.74, 6) is 0.533. The minimum atomic E-state index is -0.343. The standard InChI is InChI=1S/C17H19FN2O2/c18-14-8-4-3-7-13(14)15-11-19-17(22-15)10-9-16(21)20-12-5-1-2-6-12/h3-4,7-8,11-12H,1-2,5-6,9-10H2,(H,20,21). The van der Waals surface area contributed by atoms with E-state index in [9.17, 15) is 9.18 Å². The highest BCUT2D eigenvalue weighted by atomic mass is 19.1. The Labute approximate surface area is 128 Å². The zero-order valence-corrected chi connectivity index (χ0v) is 12.3. The number of benzene rings is 1. The van der Waals surface area contributed by atoms with Crippen LogP contribution in [0.1, 0.15) is 38.0 Å². The van der Waals surface area contributed by atoms with Crippen molar-refractivity contribution < 1.29 is 13.6 Å². The molecule has 0 radical (unpaired) electrons. The van der Waals surface area contributed by atoms with Crippen LogP contribution in [0.2, 0.25) is 0 Å². The maximum atomic E-state index is 13.7. The number of nitrogens with one attached hydrogen (secondary N) is 1. The van der Waals surface area contributed by atoms with Gasteiger partial charge in [-0.25, -0.2) is 9.37 Å². The molecule has 1 aromatic heterocycles. The summed E-state index contributed by atoms with van der Waals surface area (Å²) in [6.45, 7) is 0. The molecule has 1 aliphatic rings. The first-order chi connectivity index (χ1) is 10.7. The van der Waals surface area contributed by atoms with E-state index in [2.05, 4.69) is 10.3 Å². The monoisotopic (exact) mass is 302 g/mol. The van der Waals surface area contributed by atoms with Crippen LogP contribution < -0.4 is 5.32 Å². The van der Waals surface area contributed by atoms with E-state index in [1.807, 2.05) is 0 Å². The fourth-order valence-electron chi connectivity index (χ4n) is 2.80. The van der Waals surface area contributed by atoms with Crippen molar-refractivity contribution in [3.05, 3.63) is 42.2 Å². The summed E-state index contributed by atoms with van der Waals surface area (Å²) in [6.07, 6.45) is 6.79. The lowest BCUT2D eigenvalue weighted by Gasteiger charge is -2.10. The average Bonchev–Trinajstić information content (AvgIpc) is 3.17. The van der Waals surface area contributed by atoms with Gasteiger partial charge in [-0.05, 0) is 25.0 Å². The SMILES string of the molecule is O=C(CCc1ncc(-c2ccccc2F)o1)NC1CCCC1. The Morgan fingerprint density at radius 3 is 2.86 bits per heavy atom. The topological polar surface area (TPSA) is 55.1 Å². The quantitative estimate of drug-likeness (QED) is 0.920. The summed E-state index contributed by atoms with van der Waals surface area (Å²) in [5, 5.41) is 3.03. The van der Waals surface area contributed by atoms with Gasteiger partial charge in [-0.15, -0.1) is 0 Å². The maximum absolute atomic E-state index is 13.7. The third-order valence-electron chi connectivity index (χ3n) is 3.98. The highest BCUT2D eigenvalue weighted by Gasteiger charge is 2.17. The summed E-state index contributed by atoms with van der Waals surface area (Å²) in [5.41, 5.74) is 0.386. The average molecular weight is 302 g/mol. The van der Waals surface area contributed by atoms with Gasteiger partial charge in [0.15, 0.2) is 11.7 Å². The van der Waals surface area contributed by atoms with Crippen LogP contribution in [0, 0.1) is 5.82 Å². The van der Waals surface area contributed by atoms with Gasteiger partial charge in [0.1, 0.15) is 5.82 Å². The first-order valence-corrected chi connectivity index (χ1v) is 7.71. The third-order valence-corrected chi connectivity index (χ3v) is 3.98. The molecular weight excluding hydrogens is 283 g/mol. The second-order valence-electron chi connectivity index (χ2n) is 5.65. The molecular formula is C17H19FN2O2. The molecule has 1 aromatic carbocycles. The summed E-state index contributed by atoms with van der Waals surface area (Å²) >= 11 is 0. The Kier molecular flexibility index (Phi) is 4.51. The van der Waals surface area contributed by atoms with Crippen LogP contribution in [0.3, 0.4) is 0 Å². The number of hydrogen-bond acceptors (Lipinski definition) is 3. The van der Waals surface area contributed by atoms with Crippen LogP contribution in [-0.4, -0.2) is 16.9 Å². The lowest BCUT2D eigenvalue weighted by Crippen LogP contribution is -2.32. The van der Waals surface area contributed by atoms with E-state index < -0.39 is 0 Å². The summed E-state index contributed by atoms with van der Waals surface area (Å²) in [6, 6.07) is 6.73. The molecule has 116 valence electrons. The Morgan fingerprint density at radius 2 is 2.09 bits per heavy atom. The van der Waals surface area contributed by atoms with Crippen LogP contribution in [0.25, 0.3) is 11.3 Å². The fraction of sp³-hybridized carbons (Fsp3) is 0.412. The molecule has 0 unspecified atom stereocenters. The number of aromatic nitrogens is 1. The number of aryl methyl sites for hydroxylation is 1. The number of halogens is 1. The largest absolute Gasteiger partial charge is 0.441 e. The third kappa shape index (κ3) is 3.53. The van der Waals surface area contributed by atoms with Crippen LogP contribution >= 0.6 is 0 Å². The van der Waals surface area contributed by atoms with Crippen molar-refractivity contribution in [2.24, 2.45) is 0 Å². The lowest BCUT2D eigenvalue weighted by molar-refractivity contribution is -0.121. The van der Waals surface area contributed by atoms with Crippen LogP contribution in [0.5, 0.6) is 0 Å². The van der Waals surface area contributed by atoms with E-state index in [1.165, 1.54) is 25.1 Å². The second kappa shape index (κ2) is 6.73. The van der Waals surface area contributed by atoms with Crippen molar-refractivity contribution in [2.45, 2.75) is 44.6 Å². The van der Waals surface area contributed by atoms with Gasteiger partial charge in [-0.1, -0.05) is 25.0 Å². The Hall–Kier alpha value is -2.17.